The molecule has 0 radical (unpaired) electrons. The van der Waals surface area contributed by atoms with Gasteiger partial charge in [0.05, 0.1) is 19.0 Å². The smallest absolute Gasteiger partial charge is 0.252 e. The number of nitrogens with zero attached hydrogens (tertiary/aromatic N) is 2. The largest absolute Gasteiger partial charge is 0.282 e. The molecule has 3 aromatic heterocycles. The van der Waals surface area contributed by atoms with Crippen LogP contribution in [-0.4, -0.2) is 34.8 Å². The summed E-state index contributed by atoms with van der Waals surface area (Å²) in [4.78, 5) is 33.6. The quantitative estimate of drug-likeness (QED) is 0.608. The molecule has 1 aliphatic rings. The van der Waals surface area contributed by atoms with E-state index < -0.39 is 0 Å². The second kappa shape index (κ2) is 8.52. The van der Waals surface area contributed by atoms with Crippen molar-refractivity contribution in [2.75, 3.05) is 13.1 Å². The van der Waals surface area contributed by atoms with Crippen LogP contribution in [0, 0.1) is 6.92 Å². The number of nitrogens with one attached hydrogen (secondary N) is 2. The molecule has 9 heteroatoms. The Labute approximate surface area is 175 Å². The average Bonchev–Trinajstić information content (AvgIpc) is 3.42. The van der Waals surface area contributed by atoms with Crippen LogP contribution in [0.25, 0.3) is 0 Å². The van der Waals surface area contributed by atoms with Crippen molar-refractivity contribution in [3.63, 3.8) is 0 Å². The normalized spacial score (nSPS) is 16.5. The number of hydrogen-bond donors (Lipinski definition) is 2. The molecule has 4 heterocycles. The van der Waals surface area contributed by atoms with Crippen LogP contribution in [0.3, 0.4) is 0 Å². The van der Waals surface area contributed by atoms with Crippen molar-refractivity contribution < 1.29 is 9.59 Å². The first-order valence-electron chi connectivity index (χ1n) is 8.92. The lowest BCUT2D eigenvalue weighted by atomic mass is 9.98. The highest BCUT2D eigenvalue weighted by Gasteiger charge is 2.31. The second-order valence-electron chi connectivity index (χ2n) is 6.59. The lowest BCUT2D eigenvalue weighted by Gasteiger charge is -2.34. The van der Waals surface area contributed by atoms with Crippen molar-refractivity contribution in [3.05, 3.63) is 60.4 Å². The highest BCUT2D eigenvalue weighted by atomic mass is 32.1. The second-order valence-corrected chi connectivity index (χ2v) is 9.52. The number of hydrazine groups is 1. The van der Waals surface area contributed by atoms with Gasteiger partial charge in [0, 0.05) is 27.4 Å². The van der Waals surface area contributed by atoms with Crippen molar-refractivity contribution in [1.82, 2.24) is 20.7 Å². The summed E-state index contributed by atoms with van der Waals surface area (Å²) in [6.07, 6.45) is 1.11. The minimum Gasteiger partial charge on any atom is -0.282 e. The molecule has 0 saturated heterocycles. The van der Waals surface area contributed by atoms with Crippen LogP contribution >= 0.6 is 34.0 Å². The third-order valence-corrected chi connectivity index (χ3v) is 7.43. The van der Waals surface area contributed by atoms with Crippen LogP contribution in [0.15, 0.2) is 34.3 Å². The van der Waals surface area contributed by atoms with Crippen LogP contribution in [0.1, 0.15) is 32.1 Å². The van der Waals surface area contributed by atoms with Crippen molar-refractivity contribution in [1.29, 1.82) is 0 Å². The lowest BCUT2D eigenvalue weighted by molar-refractivity contribution is -0.129. The zero-order chi connectivity index (χ0) is 19.5. The van der Waals surface area contributed by atoms with Gasteiger partial charge in [-0.1, -0.05) is 6.07 Å². The van der Waals surface area contributed by atoms with Crippen molar-refractivity contribution >= 4 is 45.8 Å². The van der Waals surface area contributed by atoms with E-state index in [4.69, 9.17) is 0 Å². The fourth-order valence-electron chi connectivity index (χ4n) is 3.35. The zero-order valence-electron chi connectivity index (χ0n) is 15.3. The van der Waals surface area contributed by atoms with E-state index in [0.717, 1.165) is 23.7 Å². The van der Waals surface area contributed by atoms with Crippen LogP contribution in [0.2, 0.25) is 0 Å². The van der Waals surface area contributed by atoms with E-state index in [1.807, 2.05) is 18.4 Å². The van der Waals surface area contributed by atoms with Gasteiger partial charge in [0.15, 0.2) is 0 Å². The van der Waals surface area contributed by atoms with Crippen LogP contribution < -0.4 is 10.9 Å². The van der Waals surface area contributed by atoms with Gasteiger partial charge in [0.2, 0.25) is 5.91 Å². The number of thiophene rings is 2. The number of fused-ring (bicyclic) bond motifs is 1. The first kappa shape index (κ1) is 19.3. The SMILES string of the molecule is Cc1csc(CC(=O)NNC(=O)CN2CCc3sccc3C2c2cccs2)n1. The molecule has 6 nitrogen and oxygen atoms in total. The Hall–Kier alpha value is -2.07. The molecule has 0 aromatic carbocycles. The predicted octanol–water partition coefficient (Wildman–Crippen LogP) is 2.91. The topological polar surface area (TPSA) is 74.3 Å². The van der Waals surface area contributed by atoms with E-state index >= 15 is 0 Å². The molecule has 3 aromatic rings. The first-order chi connectivity index (χ1) is 13.6. The summed E-state index contributed by atoms with van der Waals surface area (Å²) < 4.78 is 0. The number of hydrogen-bond acceptors (Lipinski definition) is 7. The molecule has 0 fully saturated rings. The molecular formula is C19H20N4O2S3. The standard InChI is InChI=1S/C19H20N4O2S3/c1-12-11-28-18(20-12)9-16(24)21-22-17(25)10-23-6-4-14-13(5-8-27-14)19(23)15-3-2-7-26-15/h2-3,5,7-8,11,19H,4,6,9-10H2,1H3,(H,21,24)(H,22,25). The van der Waals surface area contributed by atoms with E-state index in [-0.39, 0.29) is 30.8 Å². The van der Waals surface area contributed by atoms with Gasteiger partial charge in [-0.05, 0) is 41.8 Å². The summed E-state index contributed by atoms with van der Waals surface area (Å²) in [5.41, 5.74) is 7.23. The van der Waals surface area contributed by atoms with Gasteiger partial charge in [-0.2, -0.15) is 0 Å². The van der Waals surface area contributed by atoms with Gasteiger partial charge in [-0.3, -0.25) is 25.3 Å². The predicted molar refractivity (Wildman–Crippen MR) is 113 cm³/mol. The Morgan fingerprint density at radius 3 is 2.79 bits per heavy atom. The van der Waals surface area contributed by atoms with Crippen molar-refractivity contribution in [2.45, 2.75) is 25.8 Å². The molecular weight excluding hydrogens is 412 g/mol. The lowest BCUT2D eigenvalue weighted by Crippen LogP contribution is -2.48. The maximum absolute atomic E-state index is 12.5. The summed E-state index contributed by atoms with van der Waals surface area (Å²) in [6.45, 7) is 2.94. The summed E-state index contributed by atoms with van der Waals surface area (Å²) in [5.74, 6) is -0.486. The van der Waals surface area contributed by atoms with Crippen molar-refractivity contribution in [2.24, 2.45) is 0 Å². The molecule has 146 valence electrons. The number of rotatable bonds is 5. The average molecular weight is 433 g/mol. The van der Waals surface area contributed by atoms with Crippen LogP contribution in [-0.2, 0) is 22.4 Å². The Kier molecular flexibility index (Phi) is 5.86. The highest BCUT2D eigenvalue weighted by Crippen LogP contribution is 2.39. The summed E-state index contributed by atoms with van der Waals surface area (Å²) in [5, 5.41) is 6.83. The fourth-order valence-corrected chi connectivity index (χ4v) is 5.90. The minimum absolute atomic E-state index is 0.0924. The molecule has 1 aliphatic heterocycles. The van der Waals surface area contributed by atoms with Gasteiger partial charge in [0.1, 0.15) is 5.01 Å². The van der Waals surface area contributed by atoms with Gasteiger partial charge in [-0.25, -0.2) is 4.98 Å². The maximum atomic E-state index is 12.5. The van der Waals surface area contributed by atoms with Gasteiger partial charge in [-0.15, -0.1) is 34.0 Å². The Morgan fingerprint density at radius 2 is 2.04 bits per heavy atom. The maximum Gasteiger partial charge on any atom is 0.252 e. The molecule has 4 rings (SSSR count). The van der Waals surface area contributed by atoms with Crippen LogP contribution in [0.4, 0.5) is 0 Å². The van der Waals surface area contributed by atoms with Crippen molar-refractivity contribution in [3.8, 4) is 0 Å². The number of amides is 2. The van der Waals surface area contributed by atoms with E-state index in [9.17, 15) is 9.59 Å². The first-order valence-corrected chi connectivity index (χ1v) is 11.6. The van der Waals surface area contributed by atoms with Crippen LogP contribution in [0.5, 0.6) is 0 Å². The van der Waals surface area contributed by atoms with E-state index in [1.165, 1.54) is 26.7 Å². The molecule has 1 atom stereocenters. The molecule has 0 aliphatic carbocycles. The monoisotopic (exact) mass is 432 g/mol. The molecule has 0 saturated carbocycles. The number of carbonyl (C=O) groups excluding carboxylic acids is 2. The summed E-state index contributed by atoms with van der Waals surface area (Å²) in [7, 11) is 0. The van der Waals surface area contributed by atoms with Gasteiger partial charge in [0.25, 0.3) is 5.91 Å². The zero-order valence-corrected chi connectivity index (χ0v) is 17.8. The summed E-state index contributed by atoms with van der Waals surface area (Å²) >= 11 is 4.93. The van der Waals surface area contributed by atoms with E-state index in [1.54, 1.807) is 22.7 Å². The number of thiazole rings is 1. The van der Waals surface area contributed by atoms with Gasteiger partial charge < -0.3 is 0 Å². The number of aromatic nitrogens is 1. The van der Waals surface area contributed by atoms with Gasteiger partial charge >= 0.3 is 0 Å². The minimum atomic E-state index is -0.267. The molecule has 2 amide bonds. The highest BCUT2D eigenvalue weighted by molar-refractivity contribution is 7.10. The Balaban J connectivity index is 1.36. The third kappa shape index (κ3) is 4.33. The third-order valence-electron chi connectivity index (χ3n) is 4.54. The summed E-state index contributed by atoms with van der Waals surface area (Å²) in [6, 6.07) is 6.41. The molecule has 28 heavy (non-hydrogen) atoms. The molecule has 1 unspecified atom stereocenters. The molecule has 2 N–H and O–H groups in total. The van der Waals surface area contributed by atoms with E-state index in [0.29, 0.717) is 0 Å². The Bertz CT molecular complexity index is 964. The Morgan fingerprint density at radius 1 is 1.18 bits per heavy atom. The van der Waals surface area contributed by atoms with E-state index in [2.05, 4.69) is 43.6 Å². The fraction of sp³-hybridized carbons (Fsp3) is 0.316. The molecule has 0 spiro atoms. The number of carbonyl (C=O) groups is 2. The number of aryl methyl sites for hydroxylation is 1. The molecule has 0 bridgehead atoms.